The Morgan fingerprint density at radius 1 is 0.250 bits per heavy atom. The summed E-state index contributed by atoms with van der Waals surface area (Å²) in [4.78, 5) is 73.5. The van der Waals surface area contributed by atoms with Crippen molar-refractivity contribution in [2.24, 2.45) is 5.92 Å². The standard InChI is InChI=1S/C93H182O17P2/c1-6-10-13-16-19-22-25-28-30-32-34-39-43-47-52-57-62-67-72-77-91(96)104-83-89(110-93(98)79-74-69-64-59-54-49-45-41-37-36-38-42-46-50-55-60-65-70-75-86(5)9-4)85-108-112(101,102)106-81-87(94)80-105-111(99,100)107-84-88(82-103-90(95)76-71-66-61-56-51-27-24-21-18-15-12-8-3)109-92(97)78-73-68-63-58-53-48-44-40-35-33-31-29-26-23-20-17-14-11-7-2/h86-89,94H,6-85H2,1-5H3,(H,99,100)(H,101,102)/t86?,87-,88+,89+/m0/s1. The van der Waals surface area contributed by atoms with Crippen molar-refractivity contribution in [3.8, 4) is 0 Å². The Morgan fingerprint density at radius 2 is 0.429 bits per heavy atom. The third-order valence-corrected chi connectivity index (χ3v) is 24.3. The molecule has 3 unspecified atom stereocenters. The normalized spacial score (nSPS) is 13.9. The van der Waals surface area contributed by atoms with Crippen molar-refractivity contribution in [1.29, 1.82) is 0 Å². The van der Waals surface area contributed by atoms with Crippen LogP contribution in [0.25, 0.3) is 0 Å². The van der Waals surface area contributed by atoms with Gasteiger partial charge in [-0.25, -0.2) is 9.13 Å². The van der Waals surface area contributed by atoms with Gasteiger partial charge in [-0.05, 0) is 31.6 Å². The van der Waals surface area contributed by atoms with Crippen LogP contribution >= 0.6 is 15.6 Å². The quantitative estimate of drug-likeness (QED) is 0.0222. The Labute approximate surface area is 689 Å². The minimum Gasteiger partial charge on any atom is -0.462 e. The average Bonchev–Trinajstić information content (AvgIpc) is 0.897. The molecule has 0 radical (unpaired) electrons. The number of aliphatic hydroxyl groups excluding tert-OH is 1. The summed E-state index contributed by atoms with van der Waals surface area (Å²) < 4.78 is 69.1. The Morgan fingerprint density at radius 3 is 0.634 bits per heavy atom. The number of carbonyl (C=O) groups excluding carboxylic acids is 4. The van der Waals surface area contributed by atoms with Gasteiger partial charge in [0.25, 0.3) is 0 Å². The molecule has 0 bridgehead atoms. The van der Waals surface area contributed by atoms with Crippen molar-refractivity contribution in [2.75, 3.05) is 39.6 Å². The lowest BCUT2D eigenvalue weighted by molar-refractivity contribution is -0.161. The number of rotatable bonds is 93. The Bertz CT molecular complexity index is 2120. The molecule has 0 spiro atoms. The van der Waals surface area contributed by atoms with Crippen LogP contribution in [0.3, 0.4) is 0 Å². The first-order chi connectivity index (χ1) is 54.6. The number of esters is 4. The zero-order chi connectivity index (χ0) is 81.8. The van der Waals surface area contributed by atoms with E-state index in [2.05, 4.69) is 34.6 Å². The predicted molar refractivity (Wildman–Crippen MR) is 465 cm³/mol. The summed E-state index contributed by atoms with van der Waals surface area (Å²) in [7, 11) is -9.94. The van der Waals surface area contributed by atoms with Crippen LogP contribution in [-0.4, -0.2) is 96.7 Å². The SMILES string of the molecule is CCCCCCCCCCCCCCCCCCCCCC(=O)OC[C@H](COP(=O)(O)OC[C@@H](O)COP(=O)(O)OC[C@@H](COC(=O)CCCCCCCCCCCCCC)OC(=O)CCCCCCCCCCCCCCCCCCCCC)OC(=O)CCCCCCCCCCCCCCCCCCCCC(C)CC. The number of hydrogen-bond donors (Lipinski definition) is 3. The average molecular weight is 1630 g/mol. The van der Waals surface area contributed by atoms with E-state index in [1.54, 1.807) is 0 Å². The predicted octanol–water partition coefficient (Wildman–Crippen LogP) is 29.1. The maximum absolute atomic E-state index is 13.2. The van der Waals surface area contributed by atoms with Crippen LogP contribution in [0.2, 0.25) is 0 Å². The van der Waals surface area contributed by atoms with Gasteiger partial charge in [0.2, 0.25) is 0 Å². The van der Waals surface area contributed by atoms with Crippen LogP contribution in [0.1, 0.15) is 510 Å². The number of phosphoric acid groups is 2. The van der Waals surface area contributed by atoms with Gasteiger partial charge >= 0.3 is 39.5 Å². The van der Waals surface area contributed by atoms with E-state index in [1.807, 2.05) is 0 Å². The fraction of sp³-hybridized carbons (Fsp3) is 0.957. The van der Waals surface area contributed by atoms with Crippen LogP contribution < -0.4 is 0 Å². The zero-order valence-electron chi connectivity index (χ0n) is 73.8. The molecule has 17 nitrogen and oxygen atoms in total. The van der Waals surface area contributed by atoms with Crippen LogP contribution in [0, 0.1) is 5.92 Å². The molecule has 0 saturated heterocycles. The van der Waals surface area contributed by atoms with Crippen molar-refractivity contribution >= 4 is 39.5 Å². The Balaban J connectivity index is 5.24. The molecule has 0 amide bonds. The van der Waals surface area contributed by atoms with Gasteiger partial charge in [0, 0.05) is 25.7 Å². The number of hydrogen-bond acceptors (Lipinski definition) is 15. The molecular weight excluding hydrogens is 1450 g/mol. The first kappa shape index (κ1) is 110. The van der Waals surface area contributed by atoms with Crippen LogP contribution in [0.15, 0.2) is 0 Å². The molecule has 112 heavy (non-hydrogen) atoms. The van der Waals surface area contributed by atoms with Crippen molar-refractivity contribution in [3.63, 3.8) is 0 Å². The molecule has 0 fully saturated rings. The lowest BCUT2D eigenvalue weighted by Crippen LogP contribution is -2.30. The fourth-order valence-electron chi connectivity index (χ4n) is 14.7. The van der Waals surface area contributed by atoms with Gasteiger partial charge in [-0.1, -0.05) is 458 Å². The molecule has 19 heteroatoms. The zero-order valence-corrected chi connectivity index (χ0v) is 75.6. The summed E-state index contributed by atoms with van der Waals surface area (Å²) in [5.41, 5.74) is 0. The van der Waals surface area contributed by atoms with Gasteiger partial charge in [0.15, 0.2) is 12.2 Å². The lowest BCUT2D eigenvalue weighted by atomic mass is 9.99. The highest BCUT2D eigenvalue weighted by Gasteiger charge is 2.31. The van der Waals surface area contributed by atoms with Crippen molar-refractivity contribution < 1.29 is 80.2 Å². The van der Waals surface area contributed by atoms with Gasteiger partial charge in [-0.15, -0.1) is 0 Å². The molecule has 0 aromatic rings. The summed E-state index contributed by atoms with van der Waals surface area (Å²) in [6, 6.07) is 0. The van der Waals surface area contributed by atoms with Crippen molar-refractivity contribution in [2.45, 2.75) is 528 Å². The second-order valence-electron chi connectivity index (χ2n) is 33.6. The molecule has 666 valence electrons. The molecule has 0 aliphatic rings. The molecule has 0 rings (SSSR count). The van der Waals surface area contributed by atoms with Crippen LogP contribution in [0.4, 0.5) is 0 Å². The van der Waals surface area contributed by atoms with Gasteiger partial charge in [-0.3, -0.25) is 37.3 Å². The van der Waals surface area contributed by atoms with Gasteiger partial charge in [0.1, 0.15) is 19.3 Å². The number of carbonyl (C=O) groups is 4. The van der Waals surface area contributed by atoms with E-state index in [-0.39, 0.29) is 25.7 Å². The molecule has 0 aromatic carbocycles. The van der Waals surface area contributed by atoms with E-state index < -0.39 is 97.5 Å². The summed E-state index contributed by atoms with van der Waals surface area (Å²) >= 11 is 0. The smallest absolute Gasteiger partial charge is 0.462 e. The summed E-state index contributed by atoms with van der Waals surface area (Å²) in [5, 5.41) is 10.7. The molecule has 0 aliphatic carbocycles. The largest absolute Gasteiger partial charge is 0.472 e. The third kappa shape index (κ3) is 84.5. The minimum absolute atomic E-state index is 0.110. The molecule has 0 aromatic heterocycles. The first-order valence-electron chi connectivity index (χ1n) is 48.2. The van der Waals surface area contributed by atoms with Crippen molar-refractivity contribution in [3.05, 3.63) is 0 Å². The Kier molecular flexibility index (Phi) is 84.0. The van der Waals surface area contributed by atoms with E-state index in [4.69, 9.17) is 37.0 Å². The highest BCUT2D eigenvalue weighted by atomic mass is 31.2. The van der Waals surface area contributed by atoms with Gasteiger partial charge < -0.3 is 33.8 Å². The topological polar surface area (TPSA) is 237 Å². The highest BCUT2D eigenvalue weighted by Crippen LogP contribution is 2.45. The molecule has 0 saturated carbocycles. The maximum Gasteiger partial charge on any atom is 0.472 e. The van der Waals surface area contributed by atoms with Gasteiger partial charge in [-0.2, -0.15) is 0 Å². The van der Waals surface area contributed by atoms with E-state index >= 15 is 0 Å². The van der Waals surface area contributed by atoms with Crippen LogP contribution in [-0.2, 0) is 65.4 Å². The highest BCUT2D eigenvalue weighted by molar-refractivity contribution is 7.47. The number of unbranched alkanes of at least 4 members (excludes halogenated alkanes) is 64. The van der Waals surface area contributed by atoms with E-state index in [1.165, 1.54) is 334 Å². The minimum atomic E-state index is -4.97. The molecule has 0 aliphatic heterocycles. The lowest BCUT2D eigenvalue weighted by Gasteiger charge is -2.21. The second-order valence-corrected chi connectivity index (χ2v) is 36.6. The van der Waals surface area contributed by atoms with E-state index in [9.17, 15) is 43.2 Å². The molecule has 6 atom stereocenters. The fourth-order valence-corrected chi connectivity index (χ4v) is 16.3. The van der Waals surface area contributed by atoms with Crippen molar-refractivity contribution in [1.82, 2.24) is 0 Å². The van der Waals surface area contributed by atoms with E-state index in [0.29, 0.717) is 25.7 Å². The number of ether oxygens (including phenoxy) is 4. The summed E-state index contributed by atoms with van der Waals surface area (Å²) in [5.74, 6) is -1.22. The maximum atomic E-state index is 13.2. The molecular formula is C93H182O17P2. The molecule has 0 heterocycles. The number of phosphoric ester groups is 2. The number of aliphatic hydroxyl groups is 1. The monoisotopic (exact) mass is 1630 g/mol. The van der Waals surface area contributed by atoms with Gasteiger partial charge in [0.05, 0.1) is 26.4 Å². The Hall–Kier alpha value is -1.94. The molecule has 3 N–H and O–H groups in total. The first-order valence-corrected chi connectivity index (χ1v) is 51.2. The van der Waals surface area contributed by atoms with E-state index in [0.717, 1.165) is 95.8 Å². The van der Waals surface area contributed by atoms with Crippen LogP contribution in [0.5, 0.6) is 0 Å². The second kappa shape index (κ2) is 85.5. The summed E-state index contributed by atoms with van der Waals surface area (Å²) in [6.45, 7) is 7.48. The summed E-state index contributed by atoms with van der Waals surface area (Å²) in [6.07, 6.45) is 81.9. The third-order valence-electron chi connectivity index (χ3n) is 22.4.